The Bertz CT molecular complexity index is 780. The first-order valence-corrected chi connectivity index (χ1v) is 8.78. The van der Waals surface area contributed by atoms with Crippen LogP contribution in [0.4, 0.5) is 4.39 Å². The van der Waals surface area contributed by atoms with E-state index in [1.54, 1.807) is 19.2 Å². The topological polar surface area (TPSA) is 74.8 Å². The van der Waals surface area contributed by atoms with E-state index in [-0.39, 0.29) is 18.3 Å². The van der Waals surface area contributed by atoms with Crippen LogP contribution in [0.3, 0.4) is 0 Å². The molecule has 2 aromatic carbocycles. The molecule has 0 aliphatic carbocycles. The zero-order valence-corrected chi connectivity index (χ0v) is 15.6. The third-order valence-electron chi connectivity index (χ3n) is 3.67. The first-order valence-electron chi connectivity index (χ1n) is 8.78. The Morgan fingerprint density at radius 2 is 1.70 bits per heavy atom. The summed E-state index contributed by atoms with van der Waals surface area (Å²) in [5.41, 5.74) is 1.82. The Morgan fingerprint density at radius 3 is 2.33 bits per heavy atom. The van der Waals surface area contributed by atoms with Gasteiger partial charge in [0.2, 0.25) is 0 Å². The van der Waals surface area contributed by atoms with Crippen molar-refractivity contribution in [2.75, 3.05) is 20.2 Å². The molecule has 6 nitrogen and oxygen atoms in total. The number of hydrogen-bond acceptors (Lipinski definition) is 3. The van der Waals surface area contributed by atoms with Crippen LogP contribution in [0.1, 0.15) is 18.1 Å². The fourth-order valence-corrected chi connectivity index (χ4v) is 2.38. The minimum Gasteiger partial charge on any atom is -0.484 e. The van der Waals surface area contributed by atoms with Crippen molar-refractivity contribution in [1.29, 1.82) is 0 Å². The average molecular weight is 372 g/mol. The number of hydrogen-bond donors (Lipinski definition) is 3. The second-order valence-electron chi connectivity index (χ2n) is 5.80. The number of halogens is 1. The van der Waals surface area contributed by atoms with E-state index in [4.69, 9.17) is 4.74 Å². The number of benzene rings is 2. The average Bonchev–Trinajstić information content (AvgIpc) is 2.67. The number of amides is 1. The van der Waals surface area contributed by atoms with Gasteiger partial charge in [0.25, 0.3) is 5.91 Å². The van der Waals surface area contributed by atoms with Crippen molar-refractivity contribution in [3.8, 4) is 5.75 Å². The fraction of sp³-hybridized carbons (Fsp3) is 0.300. The van der Waals surface area contributed by atoms with E-state index in [0.717, 1.165) is 11.1 Å². The van der Waals surface area contributed by atoms with E-state index < -0.39 is 0 Å². The lowest BCUT2D eigenvalue weighted by atomic mass is 10.2. The molecule has 0 bridgehead atoms. The predicted molar refractivity (Wildman–Crippen MR) is 104 cm³/mol. The van der Waals surface area contributed by atoms with Crippen molar-refractivity contribution in [2.45, 2.75) is 20.0 Å². The van der Waals surface area contributed by atoms with Crippen molar-refractivity contribution in [3.63, 3.8) is 0 Å². The summed E-state index contributed by atoms with van der Waals surface area (Å²) in [5.74, 6) is 0.820. The molecule has 0 aliphatic heterocycles. The molecule has 0 aliphatic rings. The Labute approximate surface area is 158 Å². The van der Waals surface area contributed by atoms with Gasteiger partial charge in [0.05, 0.1) is 0 Å². The summed E-state index contributed by atoms with van der Waals surface area (Å²) in [6, 6.07) is 13.9. The molecule has 0 fully saturated rings. The quantitative estimate of drug-likeness (QED) is 0.491. The molecule has 1 amide bonds. The van der Waals surface area contributed by atoms with Crippen molar-refractivity contribution in [1.82, 2.24) is 16.0 Å². The highest BCUT2D eigenvalue weighted by atomic mass is 19.1. The molecule has 0 saturated heterocycles. The van der Waals surface area contributed by atoms with Crippen LogP contribution in [0.25, 0.3) is 0 Å². The van der Waals surface area contributed by atoms with Crippen LogP contribution in [-0.4, -0.2) is 32.1 Å². The number of aliphatic imine (C=N–C) groups is 1. The normalized spacial score (nSPS) is 11.0. The van der Waals surface area contributed by atoms with Gasteiger partial charge in [0.1, 0.15) is 11.6 Å². The first-order chi connectivity index (χ1) is 13.1. The van der Waals surface area contributed by atoms with E-state index in [9.17, 15) is 9.18 Å². The molecule has 0 radical (unpaired) electrons. The number of rotatable bonds is 8. The fourth-order valence-electron chi connectivity index (χ4n) is 2.38. The summed E-state index contributed by atoms with van der Waals surface area (Å²) in [7, 11) is 1.67. The van der Waals surface area contributed by atoms with E-state index in [1.807, 2.05) is 31.2 Å². The lowest BCUT2D eigenvalue weighted by Crippen LogP contribution is -2.36. The molecule has 27 heavy (non-hydrogen) atoms. The summed E-state index contributed by atoms with van der Waals surface area (Å²) in [6.07, 6.45) is 0. The number of nitrogens with one attached hydrogen (secondary N) is 3. The van der Waals surface area contributed by atoms with Crippen molar-refractivity contribution in [3.05, 3.63) is 65.5 Å². The van der Waals surface area contributed by atoms with E-state index in [2.05, 4.69) is 20.9 Å². The highest BCUT2D eigenvalue weighted by molar-refractivity contribution is 5.79. The molecular formula is C20H25FN4O2. The van der Waals surface area contributed by atoms with Crippen molar-refractivity contribution >= 4 is 11.9 Å². The van der Waals surface area contributed by atoms with Gasteiger partial charge in [0, 0.05) is 26.7 Å². The second kappa shape index (κ2) is 10.8. The van der Waals surface area contributed by atoms with Crippen molar-refractivity contribution in [2.24, 2.45) is 4.99 Å². The number of ether oxygens (including phenoxy) is 1. The van der Waals surface area contributed by atoms with Crippen LogP contribution in [-0.2, 0) is 17.9 Å². The Balaban J connectivity index is 1.83. The first kappa shape index (κ1) is 20.2. The predicted octanol–water partition coefficient (Wildman–Crippen LogP) is 2.21. The van der Waals surface area contributed by atoms with Gasteiger partial charge in [-0.3, -0.25) is 9.79 Å². The van der Waals surface area contributed by atoms with E-state index in [0.29, 0.717) is 31.3 Å². The summed E-state index contributed by atoms with van der Waals surface area (Å²) >= 11 is 0. The maximum absolute atomic E-state index is 13.2. The van der Waals surface area contributed by atoms with E-state index >= 15 is 0 Å². The maximum atomic E-state index is 13.2. The van der Waals surface area contributed by atoms with Gasteiger partial charge >= 0.3 is 0 Å². The Morgan fingerprint density at radius 1 is 1.04 bits per heavy atom. The number of guanidine groups is 1. The molecule has 0 unspecified atom stereocenters. The van der Waals surface area contributed by atoms with Crippen LogP contribution < -0.4 is 20.7 Å². The Hall–Kier alpha value is -3.09. The number of nitrogens with zero attached hydrogens (tertiary/aromatic N) is 1. The van der Waals surface area contributed by atoms with Crippen LogP contribution in [0.2, 0.25) is 0 Å². The third kappa shape index (κ3) is 7.35. The third-order valence-corrected chi connectivity index (χ3v) is 3.67. The molecular weight excluding hydrogens is 347 g/mol. The molecule has 2 rings (SSSR count). The zero-order chi connectivity index (χ0) is 19.5. The van der Waals surface area contributed by atoms with Crippen LogP contribution in [0.5, 0.6) is 5.75 Å². The van der Waals surface area contributed by atoms with Gasteiger partial charge in [0.15, 0.2) is 12.6 Å². The number of likely N-dealkylation sites (N-methyl/N-ethyl adjacent to an activating group) is 1. The van der Waals surface area contributed by atoms with E-state index in [1.165, 1.54) is 12.1 Å². The minimum absolute atomic E-state index is 0.0123. The highest BCUT2D eigenvalue weighted by Gasteiger charge is 2.04. The van der Waals surface area contributed by atoms with Crippen molar-refractivity contribution < 1.29 is 13.9 Å². The van der Waals surface area contributed by atoms with Gasteiger partial charge in [-0.05, 0) is 42.3 Å². The van der Waals surface area contributed by atoms with Gasteiger partial charge in [-0.2, -0.15) is 0 Å². The SMILES string of the molecule is CCNC(=O)COc1cccc(CNC(=NC)NCc2cccc(F)c2)c1. The standard InChI is InChI=1S/C20H25FN4O2/c1-3-23-19(26)14-27-18-9-5-7-16(11-18)13-25-20(22-2)24-12-15-6-4-8-17(21)10-15/h4-11H,3,12-14H2,1-2H3,(H,23,26)(H2,22,24,25). The zero-order valence-electron chi connectivity index (χ0n) is 15.6. The monoisotopic (exact) mass is 372 g/mol. The van der Waals surface area contributed by atoms with Gasteiger partial charge in [-0.15, -0.1) is 0 Å². The number of carbonyl (C=O) groups is 1. The maximum Gasteiger partial charge on any atom is 0.257 e. The molecule has 7 heteroatoms. The molecule has 0 heterocycles. The molecule has 144 valence electrons. The van der Waals surface area contributed by atoms with Gasteiger partial charge < -0.3 is 20.7 Å². The molecule has 3 N–H and O–H groups in total. The summed E-state index contributed by atoms with van der Waals surface area (Å²) < 4.78 is 18.7. The second-order valence-corrected chi connectivity index (χ2v) is 5.80. The largest absolute Gasteiger partial charge is 0.484 e. The Kier molecular flexibility index (Phi) is 8.09. The van der Waals surface area contributed by atoms with Gasteiger partial charge in [-0.1, -0.05) is 24.3 Å². The lowest BCUT2D eigenvalue weighted by Gasteiger charge is -2.13. The molecule has 0 aromatic heterocycles. The molecule has 0 atom stereocenters. The molecule has 0 saturated carbocycles. The van der Waals surface area contributed by atoms with Crippen LogP contribution >= 0.6 is 0 Å². The van der Waals surface area contributed by atoms with Crippen LogP contribution in [0, 0.1) is 5.82 Å². The lowest BCUT2D eigenvalue weighted by molar-refractivity contribution is -0.122. The number of carbonyl (C=O) groups excluding carboxylic acids is 1. The van der Waals surface area contributed by atoms with Crippen LogP contribution in [0.15, 0.2) is 53.5 Å². The smallest absolute Gasteiger partial charge is 0.257 e. The molecule has 0 spiro atoms. The molecule has 2 aromatic rings. The summed E-state index contributed by atoms with van der Waals surface area (Å²) in [5, 5.41) is 9.02. The van der Waals surface area contributed by atoms with Gasteiger partial charge in [-0.25, -0.2) is 4.39 Å². The summed E-state index contributed by atoms with van der Waals surface area (Å²) in [4.78, 5) is 15.6. The summed E-state index contributed by atoms with van der Waals surface area (Å²) in [6.45, 7) is 3.42. The minimum atomic E-state index is -0.262. The highest BCUT2D eigenvalue weighted by Crippen LogP contribution is 2.13.